The molecule has 1 aromatic heterocycles. The van der Waals surface area contributed by atoms with Crippen LogP contribution < -0.4 is 9.64 Å². The van der Waals surface area contributed by atoms with Crippen LogP contribution in [0.25, 0.3) is 0 Å². The van der Waals surface area contributed by atoms with Gasteiger partial charge in [-0.25, -0.2) is 4.98 Å². The Hall–Kier alpha value is -2.64. The van der Waals surface area contributed by atoms with Crippen LogP contribution in [0.4, 0.5) is 18.9 Å². The largest absolute Gasteiger partial charge is 0.480 e. The van der Waals surface area contributed by atoms with Crippen molar-refractivity contribution in [1.29, 1.82) is 0 Å². The lowest BCUT2D eigenvalue weighted by molar-refractivity contribution is -0.138. The second kappa shape index (κ2) is 6.10. The van der Waals surface area contributed by atoms with Gasteiger partial charge in [-0.05, 0) is 30.5 Å². The average molecular weight is 337 g/mol. The Morgan fingerprint density at radius 2 is 2.08 bits per heavy atom. The normalized spacial score (nSPS) is 14.2. The van der Waals surface area contributed by atoms with Gasteiger partial charge in [0.05, 0.1) is 25.1 Å². The Morgan fingerprint density at radius 3 is 2.79 bits per heavy atom. The second-order valence-corrected chi connectivity index (χ2v) is 5.31. The van der Waals surface area contributed by atoms with E-state index in [1.165, 1.54) is 36.5 Å². The molecular weight excluding hydrogens is 323 g/mol. The zero-order valence-electron chi connectivity index (χ0n) is 12.8. The molecule has 0 fully saturated rings. The van der Waals surface area contributed by atoms with Crippen molar-refractivity contribution in [2.45, 2.75) is 19.0 Å². The predicted molar refractivity (Wildman–Crippen MR) is 80.0 cm³/mol. The Balaban J connectivity index is 2.02. The summed E-state index contributed by atoms with van der Waals surface area (Å²) in [6, 6.07) is 3.87. The van der Waals surface area contributed by atoms with Crippen molar-refractivity contribution < 1.29 is 22.7 Å². The van der Waals surface area contributed by atoms with E-state index in [0.717, 1.165) is 6.07 Å². The van der Waals surface area contributed by atoms with Gasteiger partial charge in [0.25, 0.3) is 5.91 Å². The summed E-state index contributed by atoms with van der Waals surface area (Å²) in [5.74, 6) is -0.330. The van der Waals surface area contributed by atoms with E-state index in [1.807, 2.05) is 0 Å². The number of benzene rings is 1. The molecule has 8 heteroatoms. The summed E-state index contributed by atoms with van der Waals surface area (Å²) in [4.78, 5) is 21.9. The quantitative estimate of drug-likeness (QED) is 0.845. The lowest BCUT2D eigenvalue weighted by Gasteiger charge is -2.31. The molecule has 1 aromatic carbocycles. The minimum atomic E-state index is -4.45. The maximum Gasteiger partial charge on any atom is 0.416 e. The second-order valence-electron chi connectivity index (χ2n) is 5.31. The zero-order chi connectivity index (χ0) is 17.3. The summed E-state index contributed by atoms with van der Waals surface area (Å²) in [7, 11) is 1.39. The van der Waals surface area contributed by atoms with Gasteiger partial charge >= 0.3 is 6.18 Å². The fourth-order valence-corrected chi connectivity index (χ4v) is 2.79. The van der Waals surface area contributed by atoms with Crippen LogP contribution in [0.5, 0.6) is 5.88 Å². The smallest absolute Gasteiger partial charge is 0.416 e. The Bertz CT molecular complexity index is 777. The van der Waals surface area contributed by atoms with E-state index in [0.29, 0.717) is 13.0 Å². The highest BCUT2D eigenvalue weighted by molar-refractivity contribution is 6.05. The molecule has 0 saturated carbocycles. The van der Waals surface area contributed by atoms with E-state index >= 15 is 0 Å². The number of amides is 1. The average Bonchev–Trinajstić information content (AvgIpc) is 2.59. The number of anilines is 1. The van der Waals surface area contributed by atoms with Crippen molar-refractivity contribution >= 4 is 11.6 Å². The number of methoxy groups -OCH3 is 1. The van der Waals surface area contributed by atoms with Gasteiger partial charge in [-0.2, -0.15) is 13.2 Å². The first-order valence-electron chi connectivity index (χ1n) is 7.29. The van der Waals surface area contributed by atoms with E-state index in [4.69, 9.17) is 4.74 Å². The van der Waals surface area contributed by atoms with Gasteiger partial charge in [0, 0.05) is 12.2 Å². The monoisotopic (exact) mass is 337 g/mol. The van der Waals surface area contributed by atoms with E-state index < -0.39 is 17.6 Å². The first-order chi connectivity index (χ1) is 11.4. The standard InChI is InChI=1S/C16H14F3N3O2/c1-24-14-9-20-8-12(21-14)15(23)22-7-3-4-10-11(16(17,18)19)5-2-6-13(10)22/h2,5-6,8-9H,3-4,7H2,1H3. The Morgan fingerprint density at radius 1 is 1.29 bits per heavy atom. The number of nitrogens with zero attached hydrogens (tertiary/aromatic N) is 3. The molecule has 24 heavy (non-hydrogen) atoms. The molecule has 1 aliphatic heterocycles. The summed E-state index contributed by atoms with van der Waals surface area (Å²) < 4.78 is 44.5. The fraction of sp³-hybridized carbons (Fsp3) is 0.312. The van der Waals surface area contributed by atoms with E-state index in [9.17, 15) is 18.0 Å². The van der Waals surface area contributed by atoms with Crippen LogP contribution in [-0.4, -0.2) is 29.5 Å². The SMILES string of the molecule is COc1cncc(C(=O)N2CCCc3c2cccc3C(F)(F)F)n1. The molecule has 1 amide bonds. The van der Waals surface area contributed by atoms with Crippen LogP contribution in [-0.2, 0) is 12.6 Å². The van der Waals surface area contributed by atoms with Crippen molar-refractivity contribution in [3.8, 4) is 5.88 Å². The summed E-state index contributed by atoms with van der Waals surface area (Å²) >= 11 is 0. The fourth-order valence-electron chi connectivity index (χ4n) is 2.79. The van der Waals surface area contributed by atoms with E-state index in [1.54, 1.807) is 0 Å². The van der Waals surface area contributed by atoms with Gasteiger partial charge in [0.2, 0.25) is 5.88 Å². The number of hydrogen-bond donors (Lipinski definition) is 0. The summed E-state index contributed by atoms with van der Waals surface area (Å²) in [5.41, 5.74) is -0.264. The van der Waals surface area contributed by atoms with Crippen molar-refractivity contribution in [2.24, 2.45) is 0 Å². The number of rotatable bonds is 2. The zero-order valence-corrected chi connectivity index (χ0v) is 12.8. The van der Waals surface area contributed by atoms with Gasteiger partial charge in [0.1, 0.15) is 0 Å². The van der Waals surface area contributed by atoms with Crippen LogP contribution >= 0.6 is 0 Å². The highest BCUT2D eigenvalue weighted by atomic mass is 19.4. The minimum absolute atomic E-state index is 0.0274. The van der Waals surface area contributed by atoms with Crippen LogP contribution in [0.1, 0.15) is 28.0 Å². The van der Waals surface area contributed by atoms with Gasteiger partial charge in [0.15, 0.2) is 5.69 Å². The third-order valence-electron chi connectivity index (χ3n) is 3.84. The van der Waals surface area contributed by atoms with Crippen LogP contribution in [0, 0.1) is 0 Å². The molecule has 0 unspecified atom stereocenters. The van der Waals surface area contributed by atoms with Gasteiger partial charge in [-0.15, -0.1) is 0 Å². The first kappa shape index (κ1) is 16.2. The van der Waals surface area contributed by atoms with Gasteiger partial charge in [-0.1, -0.05) is 6.07 Å². The molecule has 1 aliphatic rings. The van der Waals surface area contributed by atoms with Gasteiger partial charge < -0.3 is 9.64 Å². The number of fused-ring (bicyclic) bond motifs is 1. The molecule has 0 atom stereocenters. The minimum Gasteiger partial charge on any atom is -0.480 e. The maximum absolute atomic E-state index is 13.2. The lowest BCUT2D eigenvalue weighted by atomic mass is 9.95. The highest BCUT2D eigenvalue weighted by Gasteiger charge is 2.36. The summed E-state index contributed by atoms with van der Waals surface area (Å²) in [5, 5.41) is 0. The topological polar surface area (TPSA) is 55.3 Å². The van der Waals surface area contributed by atoms with Crippen molar-refractivity contribution in [2.75, 3.05) is 18.6 Å². The Kier molecular flexibility index (Phi) is 4.13. The molecule has 3 rings (SSSR count). The number of ether oxygens (including phenoxy) is 1. The third kappa shape index (κ3) is 2.91. The number of carbonyl (C=O) groups excluding carboxylic acids is 1. The molecule has 126 valence electrons. The van der Waals surface area contributed by atoms with Crippen LogP contribution in [0.15, 0.2) is 30.6 Å². The number of halogens is 3. The van der Waals surface area contributed by atoms with Crippen LogP contribution in [0.3, 0.4) is 0 Å². The van der Waals surface area contributed by atoms with E-state index in [-0.39, 0.29) is 29.2 Å². The number of carbonyl (C=O) groups is 1. The molecule has 2 heterocycles. The lowest BCUT2D eigenvalue weighted by Crippen LogP contribution is -2.36. The molecule has 5 nitrogen and oxygen atoms in total. The molecule has 0 radical (unpaired) electrons. The molecule has 0 bridgehead atoms. The molecule has 0 spiro atoms. The van der Waals surface area contributed by atoms with Crippen molar-refractivity contribution in [1.82, 2.24) is 9.97 Å². The molecule has 2 aromatic rings. The highest BCUT2D eigenvalue weighted by Crippen LogP contribution is 2.39. The van der Waals surface area contributed by atoms with Gasteiger partial charge in [-0.3, -0.25) is 9.78 Å². The van der Waals surface area contributed by atoms with Crippen LogP contribution in [0.2, 0.25) is 0 Å². The molecule has 0 aliphatic carbocycles. The molecule has 0 N–H and O–H groups in total. The van der Waals surface area contributed by atoms with Crippen molar-refractivity contribution in [3.63, 3.8) is 0 Å². The summed E-state index contributed by atoms with van der Waals surface area (Å²) in [6.07, 6.45) is -1.11. The van der Waals surface area contributed by atoms with Crippen molar-refractivity contribution in [3.05, 3.63) is 47.4 Å². The molecular formula is C16H14F3N3O2. The Labute approximate surface area is 136 Å². The number of hydrogen-bond acceptors (Lipinski definition) is 4. The first-order valence-corrected chi connectivity index (χ1v) is 7.29. The van der Waals surface area contributed by atoms with E-state index in [2.05, 4.69) is 9.97 Å². The number of alkyl halides is 3. The third-order valence-corrected chi connectivity index (χ3v) is 3.84. The number of aromatic nitrogens is 2. The molecule has 0 saturated heterocycles. The predicted octanol–water partition coefficient (Wildman–Crippen LogP) is 3.10. The summed E-state index contributed by atoms with van der Waals surface area (Å²) in [6.45, 7) is 0.325. The maximum atomic E-state index is 13.2.